The number of ether oxygens (including phenoxy) is 1. The Bertz CT molecular complexity index is 917. The topological polar surface area (TPSA) is 97.7 Å². The van der Waals surface area contributed by atoms with Crippen LogP contribution in [-0.2, 0) is 30.3 Å². The smallest absolute Gasteiger partial charge is 0.326 e. The number of carbonyl (C=O) groups is 4. The van der Waals surface area contributed by atoms with E-state index in [-0.39, 0.29) is 12.5 Å². The molecular weight excluding hydrogens is 456 g/mol. The Hall–Kier alpha value is -1.45. The van der Waals surface area contributed by atoms with Gasteiger partial charge in [0.2, 0.25) is 0 Å². The molecule has 0 fully saturated rings. The molecule has 0 amide bonds. The van der Waals surface area contributed by atoms with Gasteiger partial charge in [-0.1, -0.05) is 18.2 Å². The first-order valence-corrected chi connectivity index (χ1v) is 13.8. The molecule has 1 aromatic rings. The summed E-state index contributed by atoms with van der Waals surface area (Å²) in [6.07, 6.45) is 6.54. The fourth-order valence-corrected chi connectivity index (χ4v) is 7.77. The molecule has 4 bridgehead atoms. The second-order valence-electron chi connectivity index (χ2n) is 7.57. The van der Waals surface area contributed by atoms with Gasteiger partial charge in [0.05, 0.1) is 11.9 Å². The normalized spacial score (nSPS) is 27.9. The number of aliphatic carboxylic acids is 1. The van der Waals surface area contributed by atoms with Gasteiger partial charge in [-0.2, -0.15) is 11.8 Å². The number of carboxylic acid groups (broad SMARTS) is 1. The van der Waals surface area contributed by atoms with E-state index >= 15 is 0 Å². The highest BCUT2D eigenvalue weighted by molar-refractivity contribution is 8.03. The zero-order valence-corrected chi connectivity index (χ0v) is 20.3. The lowest BCUT2D eigenvalue weighted by Gasteiger charge is -2.38. The van der Waals surface area contributed by atoms with Crippen LogP contribution in [-0.4, -0.2) is 69.2 Å². The predicted octanol–water partition coefficient (Wildman–Crippen LogP) is 3.16. The molecule has 31 heavy (non-hydrogen) atoms. The Kier molecular flexibility index (Phi) is 7.48. The number of Topliss-reactive ketones (excluding diaryl/α,β-unsaturated/α-hetero) is 2. The summed E-state index contributed by atoms with van der Waals surface area (Å²) >= 11 is 3.25. The van der Waals surface area contributed by atoms with E-state index in [1.54, 1.807) is 25.5 Å². The van der Waals surface area contributed by atoms with E-state index in [0.29, 0.717) is 5.56 Å². The first kappa shape index (κ1) is 24.2. The number of hydrogen-bond donors (Lipinski definition) is 1. The Labute approximate surface area is 194 Å². The van der Waals surface area contributed by atoms with Crippen LogP contribution < -0.4 is 0 Å². The van der Waals surface area contributed by atoms with Gasteiger partial charge in [0.15, 0.2) is 21.6 Å². The average molecular weight is 483 g/mol. The molecular formula is C22H26O6S3. The van der Waals surface area contributed by atoms with Crippen molar-refractivity contribution in [1.82, 2.24) is 0 Å². The predicted molar refractivity (Wildman–Crippen MR) is 125 cm³/mol. The minimum atomic E-state index is -1.93. The van der Waals surface area contributed by atoms with Crippen molar-refractivity contribution >= 4 is 58.8 Å². The fourth-order valence-electron chi connectivity index (χ4n) is 4.83. The summed E-state index contributed by atoms with van der Waals surface area (Å²) in [6, 6.07) is 5.47. The third-order valence-corrected chi connectivity index (χ3v) is 9.39. The van der Waals surface area contributed by atoms with Crippen LogP contribution in [0.4, 0.5) is 0 Å². The molecule has 3 aliphatic carbocycles. The van der Waals surface area contributed by atoms with Crippen LogP contribution in [0.15, 0.2) is 18.2 Å². The van der Waals surface area contributed by atoms with Gasteiger partial charge in [0.25, 0.3) is 0 Å². The molecule has 1 aromatic carbocycles. The molecule has 9 heteroatoms. The summed E-state index contributed by atoms with van der Waals surface area (Å²) in [5.41, 5.74) is 2.52. The summed E-state index contributed by atoms with van der Waals surface area (Å²) in [7, 11) is 0. The summed E-state index contributed by atoms with van der Waals surface area (Å²) < 4.78 is 3.15. The molecule has 3 aliphatic rings. The molecule has 0 heterocycles. The zero-order chi connectivity index (χ0) is 22.9. The highest BCUT2D eigenvalue weighted by Gasteiger charge is 2.61. The van der Waals surface area contributed by atoms with Crippen molar-refractivity contribution in [2.45, 2.75) is 46.8 Å². The standard InChI is InChI=1S/C22H26O6S3/c1-5-28-21(27)17(30-3)19(24)22(31-4)15(20(25)26)12-7-8-13-11(10-12)6-9-14(13)16(29-2)18(22)23/h7-8,10,14-17H,5-6,9H2,1-4H3,(H,25,26). The van der Waals surface area contributed by atoms with E-state index in [0.717, 1.165) is 47.5 Å². The van der Waals surface area contributed by atoms with Crippen LogP contribution >= 0.6 is 35.3 Å². The quantitative estimate of drug-likeness (QED) is 0.442. The summed E-state index contributed by atoms with van der Waals surface area (Å²) in [5.74, 6) is -4.61. The van der Waals surface area contributed by atoms with Crippen molar-refractivity contribution in [3.63, 3.8) is 0 Å². The minimum Gasteiger partial charge on any atom is -0.481 e. The number of hydrogen-bond acceptors (Lipinski definition) is 8. The highest BCUT2D eigenvalue weighted by atomic mass is 32.2. The van der Waals surface area contributed by atoms with Gasteiger partial charge >= 0.3 is 11.9 Å². The minimum absolute atomic E-state index is 0.0891. The van der Waals surface area contributed by atoms with Gasteiger partial charge in [-0.25, -0.2) is 0 Å². The molecule has 0 aromatic heterocycles. The van der Waals surface area contributed by atoms with Crippen molar-refractivity contribution in [2.24, 2.45) is 0 Å². The molecule has 0 spiro atoms. The molecule has 0 saturated carbocycles. The van der Waals surface area contributed by atoms with Gasteiger partial charge in [0.1, 0.15) is 5.92 Å². The maximum atomic E-state index is 14.1. The van der Waals surface area contributed by atoms with E-state index in [2.05, 4.69) is 0 Å². The Morgan fingerprint density at radius 1 is 1.26 bits per heavy atom. The molecule has 168 valence electrons. The average Bonchev–Trinajstić information content (AvgIpc) is 3.17. The number of ketones is 2. The molecule has 6 nitrogen and oxygen atoms in total. The molecule has 5 unspecified atom stereocenters. The molecule has 0 saturated heterocycles. The Morgan fingerprint density at radius 2 is 1.97 bits per heavy atom. The van der Waals surface area contributed by atoms with Crippen molar-refractivity contribution in [3.05, 3.63) is 34.9 Å². The first-order chi connectivity index (χ1) is 14.8. The summed E-state index contributed by atoms with van der Waals surface area (Å²) in [4.78, 5) is 53.3. The number of carbonyl (C=O) groups excluding carboxylic acids is 3. The maximum absolute atomic E-state index is 14.1. The van der Waals surface area contributed by atoms with E-state index in [1.165, 1.54) is 11.8 Å². The van der Waals surface area contributed by atoms with Crippen molar-refractivity contribution < 1.29 is 29.0 Å². The number of aryl methyl sites for hydroxylation is 1. The largest absolute Gasteiger partial charge is 0.481 e. The van der Waals surface area contributed by atoms with Gasteiger partial charge in [0, 0.05) is 5.92 Å². The lowest BCUT2D eigenvalue weighted by molar-refractivity contribution is -0.149. The molecule has 5 atom stereocenters. The van der Waals surface area contributed by atoms with Crippen LogP contribution in [0, 0.1) is 0 Å². The van der Waals surface area contributed by atoms with Crippen LogP contribution in [0.2, 0.25) is 0 Å². The van der Waals surface area contributed by atoms with Gasteiger partial charge in [-0.3, -0.25) is 19.2 Å². The molecule has 0 aliphatic heterocycles. The molecule has 1 N–H and O–H groups in total. The third kappa shape index (κ3) is 3.82. The van der Waals surface area contributed by atoms with Crippen molar-refractivity contribution in [3.8, 4) is 0 Å². The van der Waals surface area contributed by atoms with Gasteiger partial charge in [-0.05, 0) is 55.2 Å². The van der Waals surface area contributed by atoms with E-state index < -0.39 is 44.7 Å². The van der Waals surface area contributed by atoms with Gasteiger partial charge < -0.3 is 9.84 Å². The van der Waals surface area contributed by atoms with Crippen LogP contribution in [0.5, 0.6) is 0 Å². The first-order valence-electron chi connectivity index (χ1n) is 9.99. The Morgan fingerprint density at radius 3 is 2.52 bits per heavy atom. The second-order valence-corrected chi connectivity index (χ2v) is 10.5. The highest BCUT2D eigenvalue weighted by Crippen LogP contribution is 2.51. The fraction of sp³-hybridized carbons (Fsp3) is 0.545. The SMILES string of the molecule is CCOC(=O)C(SC)C(=O)C1(SC)C(=O)C(SC)C2CCc3cc(ccc32)C1C(=O)O. The van der Waals surface area contributed by atoms with Crippen molar-refractivity contribution in [1.29, 1.82) is 0 Å². The zero-order valence-electron chi connectivity index (χ0n) is 17.9. The van der Waals surface area contributed by atoms with E-state index in [4.69, 9.17) is 4.74 Å². The van der Waals surface area contributed by atoms with Gasteiger partial charge in [-0.15, -0.1) is 23.5 Å². The summed E-state index contributed by atoms with van der Waals surface area (Å²) in [6.45, 7) is 1.73. The van der Waals surface area contributed by atoms with Crippen molar-refractivity contribution in [2.75, 3.05) is 25.4 Å². The number of thioether (sulfide) groups is 3. The molecule has 4 rings (SSSR count). The van der Waals surface area contributed by atoms with Crippen LogP contribution in [0.1, 0.15) is 41.9 Å². The van der Waals surface area contributed by atoms with Crippen LogP contribution in [0.25, 0.3) is 0 Å². The molecule has 0 radical (unpaired) electrons. The third-order valence-electron chi connectivity index (χ3n) is 6.18. The number of benzene rings is 1. The number of carboxylic acids is 1. The van der Waals surface area contributed by atoms with E-state index in [9.17, 15) is 24.3 Å². The maximum Gasteiger partial charge on any atom is 0.326 e. The number of esters is 1. The number of fused-ring (bicyclic) bond motifs is 4. The summed E-state index contributed by atoms with van der Waals surface area (Å²) in [5, 5.41) is 8.43. The lowest BCUT2D eigenvalue weighted by Crippen LogP contribution is -2.58. The Balaban J connectivity index is 2.28. The lowest BCUT2D eigenvalue weighted by atomic mass is 9.76. The van der Waals surface area contributed by atoms with Crippen LogP contribution in [0.3, 0.4) is 0 Å². The second kappa shape index (κ2) is 9.58. The van der Waals surface area contributed by atoms with E-state index in [1.807, 2.05) is 18.4 Å². The number of rotatable bonds is 8. The monoisotopic (exact) mass is 482 g/mol.